The van der Waals surface area contributed by atoms with Crippen LogP contribution in [0.4, 0.5) is 0 Å². The molecule has 6 nitrogen and oxygen atoms in total. The zero-order valence-corrected chi connectivity index (χ0v) is 21.2. The zero-order chi connectivity index (χ0) is 23.8. The van der Waals surface area contributed by atoms with Crippen molar-refractivity contribution in [2.45, 2.75) is 83.3 Å². The van der Waals surface area contributed by atoms with E-state index in [2.05, 4.69) is 76.6 Å². The Labute approximate surface area is 206 Å². The normalized spacial score (nSPS) is 25.2. The Hall–Kier alpha value is -2.70. The third kappa shape index (κ3) is 3.22. The average molecular weight is 470 g/mol. The van der Waals surface area contributed by atoms with Crippen LogP contribution in [-0.4, -0.2) is 55.8 Å². The van der Waals surface area contributed by atoms with Gasteiger partial charge >= 0.3 is 0 Å². The van der Waals surface area contributed by atoms with Crippen molar-refractivity contribution in [2.24, 2.45) is 0 Å². The van der Waals surface area contributed by atoms with Crippen LogP contribution in [0.5, 0.6) is 0 Å². The van der Waals surface area contributed by atoms with Crippen molar-refractivity contribution in [2.75, 3.05) is 13.2 Å². The second kappa shape index (κ2) is 7.90. The van der Waals surface area contributed by atoms with Crippen LogP contribution in [0.2, 0.25) is 0 Å². The summed E-state index contributed by atoms with van der Waals surface area (Å²) in [7, 11) is 0. The van der Waals surface area contributed by atoms with Crippen LogP contribution in [0.3, 0.4) is 0 Å². The van der Waals surface area contributed by atoms with Gasteiger partial charge in [0.25, 0.3) is 0 Å². The molecule has 3 aliphatic heterocycles. The maximum atomic E-state index is 5.53. The van der Waals surface area contributed by atoms with Crippen molar-refractivity contribution in [3.05, 3.63) is 53.0 Å². The smallest absolute Gasteiger partial charge is 0.163 e. The zero-order valence-electron chi connectivity index (χ0n) is 21.2. The van der Waals surface area contributed by atoms with Crippen molar-refractivity contribution in [3.63, 3.8) is 0 Å². The number of hydrogen-bond donors (Lipinski definition) is 1. The van der Waals surface area contributed by atoms with Crippen molar-refractivity contribution in [1.29, 1.82) is 0 Å². The molecule has 0 amide bonds. The highest BCUT2D eigenvalue weighted by Gasteiger charge is 2.46. The van der Waals surface area contributed by atoms with Gasteiger partial charge in [-0.05, 0) is 85.8 Å². The van der Waals surface area contributed by atoms with E-state index < -0.39 is 0 Å². The summed E-state index contributed by atoms with van der Waals surface area (Å²) < 4.78 is 7.58. The van der Waals surface area contributed by atoms with Gasteiger partial charge in [0.2, 0.25) is 0 Å². The molecule has 3 atom stereocenters. The number of H-pyrrole nitrogens is 1. The van der Waals surface area contributed by atoms with E-state index in [1.54, 1.807) is 6.33 Å². The van der Waals surface area contributed by atoms with E-state index in [0.29, 0.717) is 17.9 Å². The lowest BCUT2D eigenvalue weighted by molar-refractivity contribution is -0.0928. The molecule has 35 heavy (non-hydrogen) atoms. The first-order chi connectivity index (χ1) is 17.0. The fraction of sp³-hybridized carbons (Fsp3) is 0.517. The maximum absolute atomic E-state index is 5.53. The van der Waals surface area contributed by atoms with E-state index in [4.69, 9.17) is 4.74 Å². The van der Waals surface area contributed by atoms with Gasteiger partial charge in [-0.1, -0.05) is 19.9 Å². The Morgan fingerprint density at radius 2 is 1.80 bits per heavy atom. The molecule has 0 radical (unpaired) electrons. The van der Waals surface area contributed by atoms with Gasteiger partial charge in [0.15, 0.2) is 5.65 Å². The summed E-state index contributed by atoms with van der Waals surface area (Å²) in [6.07, 6.45) is 9.28. The Bertz CT molecular complexity index is 1410. The number of fused-ring (bicyclic) bond motifs is 4. The Kier molecular flexibility index (Phi) is 4.87. The predicted octanol–water partition coefficient (Wildman–Crippen LogP) is 5.73. The van der Waals surface area contributed by atoms with Crippen LogP contribution in [0.25, 0.3) is 27.8 Å². The first-order valence-electron chi connectivity index (χ1n) is 13.3. The van der Waals surface area contributed by atoms with E-state index in [-0.39, 0.29) is 0 Å². The van der Waals surface area contributed by atoms with Crippen LogP contribution in [0.15, 0.2) is 30.7 Å². The molecule has 3 saturated heterocycles. The van der Waals surface area contributed by atoms with Gasteiger partial charge < -0.3 is 9.72 Å². The minimum atomic E-state index is 0.418. The molecule has 4 aromatic rings. The quantitative estimate of drug-likeness (QED) is 0.415. The molecule has 1 N–H and O–H groups in total. The second-order valence-corrected chi connectivity index (χ2v) is 11.4. The summed E-state index contributed by atoms with van der Waals surface area (Å²) >= 11 is 0. The van der Waals surface area contributed by atoms with Gasteiger partial charge in [-0.15, -0.1) is 10.2 Å². The van der Waals surface area contributed by atoms with Gasteiger partial charge in [-0.25, -0.2) is 0 Å². The highest BCUT2D eigenvalue weighted by molar-refractivity contribution is 5.92. The summed E-state index contributed by atoms with van der Waals surface area (Å²) in [6.45, 7) is 10.9. The molecule has 6 heteroatoms. The molecule has 3 aromatic heterocycles. The minimum Gasteiger partial charge on any atom is -0.378 e. The fourth-order valence-corrected chi connectivity index (χ4v) is 7.24. The number of hydrogen-bond acceptors (Lipinski definition) is 4. The van der Waals surface area contributed by atoms with Crippen LogP contribution in [0, 0.1) is 13.8 Å². The lowest BCUT2D eigenvalue weighted by Crippen LogP contribution is -2.56. The summed E-state index contributed by atoms with van der Waals surface area (Å²) in [5.41, 5.74) is 10.0. The molecule has 3 aliphatic rings. The molecule has 182 valence electrons. The highest BCUT2D eigenvalue weighted by Crippen LogP contribution is 2.46. The van der Waals surface area contributed by atoms with Crippen LogP contribution < -0.4 is 0 Å². The number of aromatic nitrogens is 4. The molecular formula is C29H35N5O. The van der Waals surface area contributed by atoms with Gasteiger partial charge in [-0.2, -0.15) is 0 Å². The summed E-state index contributed by atoms with van der Waals surface area (Å²) in [6, 6.07) is 9.36. The molecule has 1 aromatic carbocycles. The van der Waals surface area contributed by atoms with Gasteiger partial charge in [0.1, 0.15) is 6.33 Å². The first kappa shape index (κ1) is 21.6. The molecular weight excluding hydrogens is 434 g/mol. The number of nitrogens with one attached hydrogen (secondary N) is 1. The van der Waals surface area contributed by atoms with E-state index in [1.807, 2.05) is 0 Å². The minimum absolute atomic E-state index is 0.418. The average Bonchev–Trinajstić information content (AvgIpc) is 3.49. The first-order valence-corrected chi connectivity index (χ1v) is 13.3. The molecule has 7 rings (SSSR count). The Morgan fingerprint density at radius 1 is 1.03 bits per heavy atom. The fourth-order valence-electron chi connectivity index (χ4n) is 7.24. The maximum Gasteiger partial charge on any atom is 0.163 e. The molecule has 0 spiro atoms. The van der Waals surface area contributed by atoms with E-state index >= 15 is 0 Å². The third-order valence-corrected chi connectivity index (χ3v) is 9.16. The number of benzene rings is 1. The Balaban J connectivity index is 1.29. The largest absolute Gasteiger partial charge is 0.378 e. The lowest BCUT2D eigenvalue weighted by Gasteiger charge is -2.46. The van der Waals surface area contributed by atoms with Gasteiger partial charge in [-0.3, -0.25) is 9.30 Å². The van der Waals surface area contributed by atoms with Gasteiger partial charge in [0, 0.05) is 34.7 Å². The Morgan fingerprint density at radius 3 is 2.49 bits per heavy atom. The SMILES string of the molecule is Cc1c(-c2[nH]c3ccc(C4CC5CC[C@@H](C4)N5C4COC4)cc3c2C(C)C)cn2cnnc2c1C. The number of pyridine rings is 1. The molecule has 0 saturated carbocycles. The molecule has 2 bridgehead atoms. The van der Waals surface area contributed by atoms with Crippen LogP contribution >= 0.6 is 0 Å². The van der Waals surface area contributed by atoms with Gasteiger partial charge in [0.05, 0.1) is 24.9 Å². The monoisotopic (exact) mass is 469 g/mol. The second-order valence-electron chi connectivity index (χ2n) is 11.4. The third-order valence-electron chi connectivity index (χ3n) is 9.16. The highest BCUT2D eigenvalue weighted by atomic mass is 16.5. The van der Waals surface area contributed by atoms with Crippen molar-refractivity contribution < 1.29 is 4.74 Å². The van der Waals surface area contributed by atoms with E-state index in [9.17, 15) is 0 Å². The number of rotatable bonds is 4. The number of aryl methyl sites for hydroxylation is 1. The van der Waals surface area contributed by atoms with Crippen molar-refractivity contribution in [3.8, 4) is 11.3 Å². The van der Waals surface area contributed by atoms with Crippen molar-refractivity contribution in [1.82, 2.24) is 24.5 Å². The number of piperidine rings is 1. The number of aromatic amines is 1. The summed E-state index contributed by atoms with van der Waals surface area (Å²) in [5.74, 6) is 1.08. The van der Waals surface area contributed by atoms with Crippen LogP contribution in [0.1, 0.15) is 73.6 Å². The number of ether oxygens (including phenoxy) is 1. The topological polar surface area (TPSA) is 58.5 Å². The molecule has 2 unspecified atom stereocenters. The summed E-state index contributed by atoms with van der Waals surface area (Å²) in [4.78, 5) is 6.63. The number of nitrogens with zero attached hydrogens (tertiary/aromatic N) is 4. The van der Waals surface area contributed by atoms with Crippen molar-refractivity contribution >= 4 is 16.6 Å². The van der Waals surface area contributed by atoms with E-state index in [1.165, 1.54) is 70.1 Å². The van der Waals surface area contributed by atoms with E-state index in [0.717, 1.165) is 30.9 Å². The summed E-state index contributed by atoms with van der Waals surface area (Å²) in [5, 5.41) is 9.83. The molecule has 0 aliphatic carbocycles. The van der Waals surface area contributed by atoms with Crippen LogP contribution in [-0.2, 0) is 4.74 Å². The standard InChI is InChI=1S/C29H35N5O/c1-16(2)27-24-11-19(20-9-21-6-7-22(10-20)34(21)23-13-35-14-23)5-8-26(24)31-28(27)25-12-33-15-30-32-29(33)18(4)17(25)3/h5,8,11-12,15-16,20-23,31H,6-7,9-10,13-14H2,1-4H3/t20?,21-,22?/m0/s1. The molecule has 6 heterocycles. The predicted molar refractivity (Wildman–Crippen MR) is 139 cm³/mol. The lowest BCUT2D eigenvalue weighted by atomic mass is 9.83. The molecule has 3 fully saturated rings.